The third kappa shape index (κ3) is 2.14. The molecule has 20 heavy (non-hydrogen) atoms. The number of nitrogens with zero attached hydrogens (tertiary/aromatic N) is 4. The number of thiazole rings is 1. The van der Waals surface area contributed by atoms with Crippen LogP contribution in [0.2, 0.25) is 0 Å². The molecular weight excluding hydrogens is 272 g/mol. The minimum Gasteiger partial charge on any atom is -0.296 e. The Bertz CT molecular complexity index is 758. The summed E-state index contributed by atoms with van der Waals surface area (Å²) in [5.41, 5.74) is 3.97. The van der Waals surface area contributed by atoms with E-state index in [0.717, 1.165) is 23.1 Å². The second-order valence-electron chi connectivity index (χ2n) is 4.49. The smallest absolute Gasteiger partial charge is 0.212 e. The minimum absolute atomic E-state index is 0.321. The van der Waals surface area contributed by atoms with Crippen LogP contribution in [0.25, 0.3) is 16.4 Å². The van der Waals surface area contributed by atoms with Gasteiger partial charge < -0.3 is 0 Å². The van der Waals surface area contributed by atoms with Crippen LogP contribution in [0.15, 0.2) is 29.6 Å². The van der Waals surface area contributed by atoms with Crippen LogP contribution in [0.3, 0.4) is 0 Å². The van der Waals surface area contributed by atoms with E-state index in [9.17, 15) is 4.79 Å². The lowest BCUT2D eigenvalue weighted by atomic mass is 10.1. The molecule has 0 spiro atoms. The largest absolute Gasteiger partial charge is 0.296 e. The molecule has 1 aromatic carbocycles. The van der Waals surface area contributed by atoms with Crippen molar-refractivity contribution in [3.8, 4) is 16.4 Å². The number of hydrogen-bond donors (Lipinski definition) is 0. The number of rotatable bonds is 3. The molecule has 5 nitrogen and oxygen atoms in total. The lowest BCUT2D eigenvalue weighted by molar-refractivity contribution is 0.111. The third-order valence-corrected chi connectivity index (χ3v) is 3.86. The van der Waals surface area contributed by atoms with Crippen molar-refractivity contribution in [2.75, 3.05) is 0 Å². The van der Waals surface area contributed by atoms with Crippen LogP contribution in [-0.4, -0.2) is 26.3 Å². The van der Waals surface area contributed by atoms with Gasteiger partial charge in [-0.2, -0.15) is 4.68 Å². The van der Waals surface area contributed by atoms with E-state index < -0.39 is 0 Å². The molecule has 0 bridgehead atoms. The first kappa shape index (κ1) is 12.7. The fraction of sp³-hybridized carbons (Fsp3) is 0.143. The van der Waals surface area contributed by atoms with E-state index in [4.69, 9.17) is 0 Å². The molecular formula is C14H12N4OS. The molecule has 0 N–H and O–H groups in total. The second-order valence-corrected chi connectivity index (χ2v) is 5.33. The van der Waals surface area contributed by atoms with Crippen molar-refractivity contribution in [3.05, 3.63) is 46.6 Å². The molecule has 0 fully saturated rings. The number of carbonyl (C=O) groups excluding carboxylic acids is 1. The summed E-state index contributed by atoms with van der Waals surface area (Å²) in [5, 5.41) is 10.6. The molecule has 0 unspecified atom stereocenters. The lowest BCUT2D eigenvalue weighted by Gasteiger charge is -2.04. The standard InChI is InChI=1S/C14H12N4OS/c1-9-3-5-11(6-4-9)13-12(7-19)16-17-18(13)14-15-10(2)8-20-14/h3-8H,1-2H3. The predicted molar refractivity (Wildman–Crippen MR) is 77.3 cm³/mol. The van der Waals surface area contributed by atoms with Gasteiger partial charge in [0.15, 0.2) is 12.0 Å². The molecule has 0 aliphatic rings. The monoisotopic (exact) mass is 284 g/mol. The zero-order valence-corrected chi connectivity index (χ0v) is 11.9. The van der Waals surface area contributed by atoms with Gasteiger partial charge in [0.2, 0.25) is 5.13 Å². The van der Waals surface area contributed by atoms with Crippen molar-refractivity contribution in [2.45, 2.75) is 13.8 Å². The summed E-state index contributed by atoms with van der Waals surface area (Å²) in [6.45, 7) is 3.94. The molecule has 2 aromatic heterocycles. The Morgan fingerprint density at radius 2 is 1.95 bits per heavy atom. The molecule has 0 aliphatic carbocycles. The quantitative estimate of drug-likeness (QED) is 0.694. The van der Waals surface area contributed by atoms with Gasteiger partial charge in [-0.25, -0.2) is 4.98 Å². The molecule has 6 heteroatoms. The summed E-state index contributed by atoms with van der Waals surface area (Å²) in [5.74, 6) is 0. The highest BCUT2D eigenvalue weighted by atomic mass is 32.1. The summed E-state index contributed by atoms with van der Waals surface area (Å²) in [4.78, 5) is 15.6. The van der Waals surface area contributed by atoms with E-state index in [1.165, 1.54) is 11.3 Å². The van der Waals surface area contributed by atoms with E-state index in [-0.39, 0.29) is 0 Å². The number of aromatic nitrogens is 4. The van der Waals surface area contributed by atoms with Gasteiger partial charge in [0.25, 0.3) is 0 Å². The van der Waals surface area contributed by atoms with Crippen LogP contribution in [-0.2, 0) is 0 Å². The Morgan fingerprint density at radius 1 is 1.20 bits per heavy atom. The van der Waals surface area contributed by atoms with E-state index in [1.807, 2.05) is 43.5 Å². The molecule has 2 heterocycles. The average Bonchev–Trinajstić information content (AvgIpc) is 3.05. The van der Waals surface area contributed by atoms with Gasteiger partial charge in [0.05, 0.1) is 5.69 Å². The summed E-state index contributed by atoms with van der Waals surface area (Å²) >= 11 is 1.47. The second kappa shape index (κ2) is 4.97. The van der Waals surface area contributed by atoms with Crippen LogP contribution in [0.5, 0.6) is 0 Å². The zero-order valence-electron chi connectivity index (χ0n) is 11.1. The molecule has 3 rings (SSSR count). The Balaban J connectivity index is 2.20. The van der Waals surface area contributed by atoms with E-state index in [2.05, 4.69) is 15.3 Å². The molecule has 100 valence electrons. The van der Waals surface area contributed by atoms with Crippen molar-refractivity contribution < 1.29 is 4.79 Å². The van der Waals surface area contributed by atoms with Gasteiger partial charge in [-0.05, 0) is 13.8 Å². The topological polar surface area (TPSA) is 60.7 Å². The van der Waals surface area contributed by atoms with Gasteiger partial charge in [0.1, 0.15) is 5.69 Å². The van der Waals surface area contributed by atoms with Gasteiger partial charge in [-0.3, -0.25) is 4.79 Å². The first-order chi connectivity index (χ1) is 9.69. The first-order valence-electron chi connectivity index (χ1n) is 6.09. The third-order valence-electron chi connectivity index (χ3n) is 2.92. The zero-order chi connectivity index (χ0) is 14.1. The fourth-order valence-electron chi connectivity index (χ4n) is 1.93. The van der Waals surface area contributed by atoms with Gasteiger partial charge in [-0.1, -0.05) is 35.0 Å². The van der Waals surface area contributed by atoms with E-state index in [1.54, 1.807) is 4.68 Å². The van der Waals surface area contributed by atoms with Crippen molar-refractivity contribution >= 4 is 17.6 Å². The van der Waals surface area contributed by atoms with Crippen LogP contribution < -0.4 is 0 Å². The van der Waals surface area contributed by atoms with Gasteiger partial charge in [-0.15, -0.1) is 16.4 Å². The number of hydrogen-bond acceptors (Lipinski definition) is 5. The molecule has 0 aliphatic heterocycles. The number of aryl methyl sites for hydroxylation is 2. The normalized spacial score (nSPS) is 10.7. The highest BCUT2D eigenvalue weighted by Gasteiger charge is 2.17. The van der Waals surface area contributed by atoms with Crippen molar-refractivity contribution in [1.29, 1.82) is 0 Å². The van der Waals surface area contributed by atoms with Crippen molar-refractivity contribution in [1.82, 2.24) is 20.0 Å². The van der Waals surface area contributed by atoms with Crippen molar-refractivity contribution in [3.63, 3.8) is 0 Å². The summed E-state index contributed by atoms with van der Waals surface area (Å²) in [6.07, 6.45) is 0.721. The maximum Gasteiger partial charge on any atom is 0.212 e. The average molecular weight is 284 g/mol. The number of aldehydes is 1. The van der Waals surface area contributed by atoms with Crippen molar-refractivity contribution in [2.24, 2.45) is 0 Å². The summed E-state index contributed by atoms with van der Waals surface area (Å²) in [7, 11) is 0. The molecule has 0 atom stereocenters. The molecule has 0 radical (unpaired) electrons. The summed E-state index contributed by atoms with van der Waals surface area (Å²) in [6, 6.07) is 7.90. The summed E-state index contributed by atoms with van der Waals surface area (Å²) < 4.78 is 1.62. The Hall–Kier alpha value is -2.34. The minimum atomic E-state index is 0.321. The molecule has 0 saturated carbocycles. The number of benzene rings is 1. The van der Waals surface area contributed by atoms with Crippen LogP contribution >= 0.6 is 11.3 Å². The Kier molecular flexibility index (Phi) is 3.15. The SMILES string of the molecule is Cc1ccc(-c2c(C=O)nnn2-c2nc(C)cs2)cc1. The maximum atomic E-state index is 11.2. The van der Waals surface area contributed by atoms with Crippen LogP contribution in [0, 0.1) is 13.8 Å². The van der Waals surface area contributed by atoms with Crippen LogP contribution in [0.1, 0.15) is 21.7 Å². The molecule has 3 aromatic rings. The Labute approximate surface area is 119 Å². The highest BCUT2D eigenvalue weighted by Crippen LogP contribution is 2.26. The lowest BCUT2D eigenvalue weighted by Crippen LogP contribution is -1.99. The van der Waals surface area contributed by atoms with Gasteiger partial charge >= 0.3 is 0 Å². The predicted octanol–water partition coefficient (Wildman–Crippen LogP) is 2.82. The molecule has 0 amide bonds. The van der Waals surface area contributed by atoms with E-state index >= 15 is 0 Å². The number of carbonyl (C=O) groups is 1. The van der Waals surface area contributed by atoms with E-state index in [0.29, 0.717) is 16.5 Å². The highest BCUT2D eigenvalue weighted by molar-refractivity contribution is 7.12. The Morgan fingerprint density at radius 3 is 2.55 bits per heavy atom. The first-order valence-corrected chi connectivity index (χ1v) is 6.97. The van der Waals surface area contributed by atoms with Crippen LogP contribution in [0.4, 0.5) is 0 Å². The maximum absolute atomic E-state index is 11.2. The van der Waals surface area contributed by atoms with Gasteiger partial charge in [0, 0.05) is 10.9 Å². The molecule has 0 saturated heterocycles. The fourth-order valence-corrected chi connectivity index (χ4v) is 2.68.